The number of aliphatic carboxylic acids is 1. The molecule has 3 aromatic rings. The molecule has 4 rings (SSSR count). The van der Waals surface area contributed by atoms with Gasteiger partial charge < -0.3 is 14.6 Å². The van der Waals surface area contributed by atoms with Crippen LogP contribution in [0.25, 0.3) is 11.3 Å². The molecule has 1 aliphatic rings. The molecule has 0 atom stereocenters. The van der Waals surface area contributed by atoms with E-state index in [2.05, 4.69) is 10.1 Å². The normalized spacial score (nSPS) is 13.2. The molecule has 0 radical (unpaired) electrons. The maximum absolute atomic E-state index is 11.6. The van der Waals surface area contributed by atoms with Gasteiger partial charge in [0.25, 0.3) is 0 Å². The number of hydrazine groups is 1. The maximum atomic E-state index is 11.6. The molecule has 2 aromatic carbocycles. The van der Waals surface area contributed by atoms with Crippen molar-refractivity contribution in [3.63, 3.8) is 0 Å². The average Bonchev–Trinajstić information content (AvgIpc) is 3.24. The van der Waals surface area contributed by atoms with Gasteiger partial charge in [-0.1, -0.05) is 30.3 Å². The van der Waals surface area contributed by atoms with Crippen molar-refractivity contribution in [2.24, 2.45) is 10.9 Å². The molecule has 1 aromatic heterocycles. The minimum atomic E-state index is -1.13. The molecule has 0 amide bonds. The van der Waals surface area contributed by atoms with Gasteiger partial charge in [-0.2, -0.15) is 10.2 Å². The lowest BCUT2D eigenvalue weighted by Crippen LogP contribution is -2.29. The zero-order valence-electron chi connectivity index (χ0n) is 15.3. The largest absolute Gasteiger partial charge is 0.486 e. The summed E-state index contributed by atoms with van der Waals surface area (Å²) in [6.07, 6.45) is 0.157. The number of rotatable bonds is 6. The highest BCUT2D eigenvalue weighted by Gasteiger charge is 2.17. The van der Waals surface area contributed by atoms with Gasteiger partial charge in [-0.3, -0.25) is 0 Å². The Morgan fingerprint density at radius 3 is 2.69 bits per heavy atom. The number of nitrogens with zero attached hydrogens (tertiary/aromatic N) is 3. The van der Waals surface area contributed by atoms with E-state index in [1.807, 2.05) is 53.9 Å². The number of carboxylic acid groups (broad SMARTS) is 1. The highest BCUT2D eigenvalue weighted by Crippen LogP contribution is 2.35. The van der Waals surface area contributed by atoms with Crippen molar-refractivity contribution in [2.45, 2.75) is 6.42 Å². The van der Waals surface area contributed by atoms with E-state index in [0.29, 0.717) is 35.5 Å². The number of hydrogen-bond acceptors (Lipinski definition) is 8. The van der Waals surface area contributed by atoms with Crippen molar-refractivity contribution in [1.82, 2.24) is 4.98 Å². The molecule has 0 bridgehead atoms. The van der Waals surface area contributed by atoms with Crippen LogP contribution in [0.5, 0.6) is 11.5 Å². The number of carbonyl (C=O) groups is 1. The first-order chi connectivity index (χ1) is 14.1. The van der Waals surface area contributed by atoms with E-state index >= 15 is 0 Å². The molecule has 0 aliphatic carbocycles. The van der Waals surface area contributed by atoms with Crippen LogP contribution in [0.2, 0.25) is 0 Å². The van der Waals surface area contributed by atoms with E-state index < -0.39 is 5.97 Å². The molecule has 0 spiro atoms. The standard InChI is InChI=1S/C20H18N4O4S/c21-24(23-15(19(25)26)10-13-4-2-1-3-5-13)20-22-16(12-29-20)14-6-7-17-18(11-14)28-9-8-27-17/h1-7,11-12H,8-10,21H2,(H,25,26)/b23-15+. The fraction of sp³-hybridized carbons (Fsp3) is 0.150. The van der Waals surface area contributed by atoms with E-state index in [0.717, 1.165) is 16.2 Å². The lowest BCUT2D eigenvalue weighted by atomic mass is 10.1. The number of hydrazone groups is 1. The molecule has 0 saturated heterocycles. The number of thiazole rings is 1. The first-order valence-electron chi connectivity index (χ1n) is 8.85. The minimum absolute atomic E-state index is 0.0743. The molecule has 0 unspecified atom stereocenters. The summed E-state index contributed by atoms with van der Waals surface area (Å²) in [4.78, 5) is 16.0. The summed E-state index contributed by atoms with van der Waals surface area (Å²) in [5.74, 6) is 6.21. The zero-order chi connectivity index (χ0) is 20.2. The predicted molar refractivity (Wildman–Crippen MR) is 110 cm³/mol. The van der Waals surface area contributed by atoms with Crippen LogP contribution in [0.4, 0.5) is 5.13 Å². The third kappa shape index (κ3) is 4.36. The Morgan fingerprint density at radius 1 is 1.17 bits per heavy atom. The van der Waals surface area contributed by atoms with Gasteiger partial charge >= 0.3 is 5.97 Å². The number of ether oxygens (including phenoxy) is 2. The Hall–Kier alpha value is -3.43. The number of fused-ring (bicyclic) bond motifs is 1. The van der Waals surface area contributed by atoms with E-state index in [-0.39, 0.29) is 12.1 Å². The maximum Gasteiger partial charge on any atom is 0.352 e. The Bertz CT molecular complexity index is 1050. The smallest absolute Gasteiger partial charge is 0.352 e. The highest BCUT2D eigenvalue weighted by atomic mass is 32.1. The van der Waals surface area contributed by atoms with Crippen molar-refractivity contribution in [2.75, 3.05) is 18.3 Å². The van der Waals surface area contributed by atoms with Crippen molar-refractivity contribution in [3.8, 4) is 22.8 Å². The summed E-state index contributed by atoms with van der Waals surface area (Å²) in [5.41, 5.74) is 2.29. The molecular weight excluding hydrogens is 392 g/mol. The zero-order valence-corrected chi connectivity index (χ0v) is 16.1. The molecule has 8 nitrogen and oxygen atoms in total. The van der Waals surface area contributed by atoms with E-state index in [1.165, 1.54) is 11.3 Å². The van der Waals surface area contributed by atoms with Gasteiger partial charge in [-0.05, 0) is 23.8 Å². The molecule has 9 heteroatoms. The van der Waals surface area contributed by atoms with E-state index in [1.54, 1.807) is 0 Å². The van der Waals surface area contributed by atoms with Gasteiger partial charge in [0.1, 0.15) is 13.2 Å². The van der Waals surface area contributed by atoms with Crippen molar-refractivity contribution in [1.29, 1.82) is 0 Å². The van der Waals surface area contributed by atoms with Gasteiger partial charge in [-0.25, -0.2) is 15.6 Å². The number of aromatic nitrogens is 1. The fourth-order valence-electron chi connectivity index (χ4n) is 2.82. The summed E-state index contributed by atoms with van der Waals surface area (Å²) < 4.78 is 11.1. The van der Waals surface area contributed by atoms with Crippen molar-refractivity contribution < 1.29 is 19.4 Å². The molecule has 1 aliphatic heterocycles. The number of anilines is 1. The lowest BCUT2D eigenvalue weighted by Gasteiger charge is -2.18. The summed E-state index contributed by atoms with van der Waals surface area (Å²) in [7, 11) is 0. The van der Waals surface area contributed by atoms with Crippen LogP contribution in [-0.4, -0.2) is 35.0 Å². The first kappa shape index (κ1) is 18.9. The Morgan fingerprint density at radius 2 is 1.93 bits per heavy atom. The van der Waals surface area contributed by atoms with Crippen LogP contribution >= 0.6 is 11.3 Å². The van der Waals surface area contributed by atoms with E-state index in [4.69, 9.17) is 15.3 Å². The van der Waals surface area contributed by atoms with Crippen LogP contribution in [0, 0.1) is 0 Å². The van der Waals surface area contributed by atoms with Crippen LogP contribution < -0.4 is 20.4 Å². The second-order valence-electron chi connectivity index (χ2n) is 6.23. The minimum Gasteiger partial charge on any atom is -0.486 e. The van der Waals surface area contributed by atoms with Crippen molar-refractivity contribution in [3.05, 3.63) is 59.5 Å². The fourth-order valence-corrected chi connectivity index (χ4v) is 3.53. The van der Waals surface area contributed by atoms with Gasteiger partial charge in [-0.15, -0.1) is 11.3 Å². The summed E-state index contributed by atoms with van der Waals surface area (Å²) >= 11 is 1.27. The first-order valence-corrected chi connectivity index (χ1v) is 9.73. The summed E-state index contributed by atoms with van der Waals surface area (Å²) in [5, 5.41) is 16.7. The van der Waals surface area contributed by atoms with Crippen molar-refractivity contribution >= 4 is 28.1 Å². The molecule has 0 saturated carbocycles. The molecule has 29 heavy (non-hydrogen) atoms. The molecule has 3 N–H and O–H groups in total. The van der Waals surface area contributed by atoms with E-state index in [9.17, 15) is 9.90 Å². The third-order valence-electron chi connectivity index (χ3n) is 4.22. The summed E-state index contributed by atoms with van der Waals surface area (Å²) in [6, 6.07) is 14.8. The number of hydrogen-bond donors (Lipinski definition) is 2. The van der Waals surface area contributed by atoms with Gasteiger partial charge in [0.05, 0.1) is 5.69 Å². The summed E-state index contributed by atoms with van der Waals surface area (Å²) in [6.45, 7) is 1.03. The number of benzene rings is 2. The van der Waals surface area contributed by atoms with Gasteiger partial charge in [0.15, 0.2) is 17.2 Å². The molecular formula is C20H18N4O4S. The average molecular weight is 410 g/mol. The Labute approximate surface area is 170 Å². The van der Waals surface area contributed by atoms with Crippen LogP contribution in [0.1, 0.15) is 5.56 Å². The van der Waals surface area contributed by atoms with Crippen LogP contribution in [0.15, 0.2) is 59.0 Å². The monoisotopic (exact) mass is 410 g/mol. The lowest BCUT2D eigenvalue weighted by molar-refractivity contribution is -0.129. The second-order valence-corrected chi connectivity index (χ2v) is 7.07. The van der Waals surface area contributed by atoms with Crippen LogP contribution in [0.3, 0.4) is 0 Å². The Kier molecular flexibility index (Phi) is 5.41. The SMILES string of the molecule is NN(/N=C(\Cc1ccccc1)C(=O)O)c1nc(-c2ccc3c(c2)OCCO3)cs1. The quantitative estimate of drug-likeness (QED) is 0.365. The van der Waals surface area contributed by atoms with Gasteiger partial charge in [0, 0.05) is 17.4 Å². The third-order valence-corrected chi connectivity index (χ3v) is 5.05. The predicted octanol–water partition coefficient (Wildman–Crippen LogP) is 2.94. The second kappa shape index (κ2) is 8.29. The molecule has 148 valence electrons. The number of carboxylic acids is 1. The molecule has 2 heterocycles. The number of nitrogens with two attached hydrogens (primary N) is 1. The molecule has 0 fully saturated rings. The van der Waals surface area contributed by atoms with Crippen LogP contribution in [-0.2, 0) is 11.2 Å². The Balaban J connectivity index is 1.55. The topological polar surface area (TPSA) is 110 Å². The highest BCUT2D eigenvalue weighted by molar-refractivity contribution is 7.14. The van der Waals surface area contributed by atoms with Gasteiger partial charge in [0.2, 0.25) is 5.13 Å².